The molecule has 1 atom stereocenters. The Kier molecular flexibility index (Phi) is 3.58. The van der Waals surface area contributed by atoms with Crippen LogP contribution in [0.3, 0.4) is 0 Å². The molecule has 0 aliphatic carbocycles. The maximum atomic E-state index is 10.8. The van der Waals surface area contributed by atoms with E-state index in [1.807, 2.05) is 0 Å². The molecule has 0 bridgehead atoms. The van der Waals surface area contributed by atoms with E-state index in [0.717, 1.165) is 32.0 Å². The molecule has 0 saturated carbocycles. The Bertz CT molecular complexity index is 414. The first-order valence-electron chi connectivity index (χ1n) is 5.69. The highest BCUT2D eigenvalue weighted by Gasteiger charge is 2.15. The van der Waals surface area contributed by atoms with E-state index in [-0.39, 0.29) is 5.56 Å². The number of rotatable bonds is 4. The van der Waals surface area contributed by atoms with Crippen LogP contribution in [0.5, 0.6) is 0 Å². The lowest BCUT2D eigenvalue weighted by atomic mass is 10.1. The molecule has 1 aliphatic rings. The molecule has 2 rings (SSSR count). The van der Waals surface area contributed by atoms with Crippen LogP contribution < -0.4 is 5.32 Å². The number of ether oxygens (including phenoxy) is 1. The first-order valence-corrected chi connectivity index (χ1v) is 5.69. The van der Waals surface area contributed by atoms with Crippen molar-refractivity contribution in [3.05, 3.63) is 23.4 Å². The number of carboxylic acid groups (broad SMARTS) is 1. The molecule has 0 amide bonds. The molecule has 5 heteroatoms. The van der Waals surface area contributed by atoms with Gasteiger partial charge < -0.3 is 15.2 Å². The first-order chi connectivity index (χ1) is 8.16. The highest BCUT2D eigenvalue weighted by atomic mass is 16.5. The number of pyridine rings is 1. The summed E-state index contributed by atoms with van der Waals surface area (Å²) in [5.74, 6) is 0.307. The predicted octanol–water partition coefficient (Wildman–Crippen LogP) is 1.54. The van der Waals surface area contributed by atoms with Gasteiger partial charge in [-0.1, -0.05) is 0 Å². The van der Waals surface area contributed by atoms with Crippen molar-refractivity contribution in [1.29, 1.82) is 0 Å². The number of aromatic nitrogens is 1. The van der Waals surface area contributed by atoms with Crippen LogP contribution in [0.25, 0.3) is 0 Å². The Morgan fingerprint density at radius 2 is 2.47 bits per heavy atom. The van der Waals surface area contributed by atoms with Gasteiger partial charge in [-0.05, 0) is 25.5 Å². The third-order valence-electron chi connectivity index (χ3n) is 2.91. The molecule has 0 radical (unpaired) electrons. The zero-order chi connectivity index (χ0) is 12.3. The van der Waals surface area contributed by atoms with E-state index in [2.05, 4.69) is 10.3 Å². The molecule has 0 spiro atoms. The standard InChI is InChI=1S/C12H16N2O3/c1-8-10(12(15)16)2-3-11(14-8)13-6-9-4-5-17-7-9/h2-3,9H,4-7H2,1H3,(H,13,14)(H,15,16). The highest BCUT2D eigenvalue weighted by molar-refractivity contribution is 5.89. The monoisotopic (exact) mass is 236 g/mol. The Morgan fingerprint density at radius 3 is 3.06 bits per heavy atom. The quantitative estimate of drug-likeness (QED) is 0.829. The molecule has 0 aromatic carbocycles. The molecule has 1 aromatic heterocycles. The van der Waals surface area contributed by atoms with Gasteiger partial charge in [-0.3, -0.25) is 0 Å². The van der Waals surface area contributed by atoms with Crippen LogP contribution in [0.4, 0.5) is 5.82 Å². The van der Waals surface area contributed by atoms with Crippen LogP contribution in [0.1, 0.15) is 22.5 Å². The van der Waals surface area contributed by atoms with Crippen molar-refractivity contribution < 1.29 is 14.6 Å². The Balaban J connectivity index is 1.97. The number of aryl methyl sites for hydroxylation is 1. The van der Waals surface area contributed by atoms with Gasteiger partial charge in [0.05, 0.1) is 17.9 Å². The van der Waals surface area contributed by atoms with Gasteiger partial charge in [0.1, 0.15) is 5.82 Å². The Labute approximate surface area is 99.8 Å². The molecule has 2 heterocycles. The smallest absolute Gasteiger partial charge is 0.337 e. The number of aromatic carboxylic acids is 1. The molecule has 17 heavy (non-hydrogen) atoms. The SMILES string of the molecule is Cc1nc(NCC2CCOC2)ccc1C(=O)O. The van der Waals surface area contributed by atoms with Crippen LogP contribution in [0.2, 0.25) is 0 Å². The molecule has 1 fully saturated rings. The largest absolute Gasteiger partial charge is 0.478 e. The molecular formula is C12H16N2O3. The molecule has 1 saturated heterocycles. The van der Waals surface area contributed by atoms with Crippen molar-refractivity contribution in [2.24, 2.45) is 5.92 Å². The molecule has 1 aromatic rings. The Hall–Kier alpha value is -1.62. The van der Waals surface area contributed by atoms with Gasteiger partial charge >= 0.3 is 5.97 Å². The summed E-state index contributed by atoms with van der Waals surface area (Å²) in [4.78, 5) is 15.0. The number of hydrogen-bond acceptors (Lipinski definition) is 4. The van der Waals surface area contributed by atoms with Gasteiger partial charge in [-0.15, -0.1) is 0 Å². The lowest BCUT2D eigenvalue weighted by Crippen LogP contribution is -2.15. The van der Waals surface area contributed by atoms with Gasteiger partial charge in [-0.25, -0.2) is 9.78 Å². The maximum absolute atomic E-state index is 10.8. The summed E-state index contributed by atoms with van der Waals surface area (Å²) in [7, 11) is 0. The summed E-state index contributed by atoms with van der Waals surface area (Å²) >= 11 is 0. The van der Waals surface area contributed by atoms with E-state index in [0.29, 0.717) is 11.6 Å². The number of nitrogens with zero attached hydrogens (tertiary/aromatic N) is 1. The van der Waals surface area contributed by atoms with Gasteiger partial charge in [0, 0.05) is 19.1 Å². The van der Waals surface area contributed by atoms with Gasteiger partial charge in [0.2, 0.25) is 0 Å². The van der Waals surface area contributed by atoms with Crippen molar-refractivity contribution in [2.45, 2.75) is 13.3 Å². The topological polar surface area (TPSA) is 71.5 Å². The summed E-state index contributed by atoms with van der Waals surface area (Å²) in [6.45, 7) is 4.14. The fourth-order valence-electron chi connectivity index (χ4n) is 1.88. The summed E-state index contributed by atoms with van der Waals surface area (Å²) in [5.41, 5.74) is 0.782. The minimum Gasteiger partial charge on any atom is -0.478 e. The van der Waals surface area contributed by atoms with Crippen molar-refractivity contribution in [1.82, 2.24) is 4.98 Å². The van der Waals surface area contributed by atoms with Crippen LogP contribution in [-0.2, 0) is 4.74 Å². The molecule has 1 aliphatic heterocycles. The summed E-state index contributed by atoms with van der Waals surface area (Å²) in [6.07, 6.45) is 1.07. The van der Waals surface area contributed by atoms with Crippen LogP contribution in [0, 0.1) is 12.8 Å². The van der Waals surface area contributed by atoms with Crippen molar-refractivity contribution >= 4 is 11.8 Å². The fraction of sp³-hybridized carbons (Fsp3) is 0.500. The molecule has 2 N–H and O–H groups in total. The average molecular weight is 236 g/mol. The summed E-state index contributed by atoms with van der Waals surface area (Å²) in [6, 6.07) is 3.28. The second-order valence-electron chi connectivity index (χ2n) is 4.25. The van der Waals surface area contributed by atoms with Gasteiger partial charge in [0.25, 0.3) is 0 Å². The second kappa shape index (κ2) is 5.14. The van der Waals surface area contributed by atoms with Crippen molar-refractivity contribution in [3.63, 3.8) is 0 Å². The zero-order valence-corrected chi connectivity index (χ0v) is 9.77. The molecule has 92 valence electrons. The first kappa shape index (κ1) is 11.9. The van der Waals surface area contributed by atoms with E-state index < -0.39 is 5.97 Å². The summed E-state index contributed by atoms with van der Waals surface area (Å²) < 4.78 is 5.28. The average Bonchev–Trinajstić information content (AvgIpc) is 2.78. The van der Waals surface area contributed by atoms with Crippen molar-refractivity contribution in [2.75, 3.05) is 25.1 Å². The number of nitrogens with one attached hydrogen (secondary N) is 1. The highest BCUT2D eigenvalue weighted by Crippen LogP contribution is 2.15. The fourth-order valence-corrected chi connectivity index (χ4v) is 1.88. The number of carbonyl (C=O) groups is 1. The molecule has 1 unspecified atom stereocenters. The zero-order valence-electron chi connectivity index (χ0n) is 9.77. The van der Waals surface area contributed by atoms with E-state index >= 15 is 0 Å². The normalized spacial score (nSPS) is 19.2. The van der Waals surface area contributed by atoms with Gasteiger partial charge in [0.15, 0.2) is 0 Å². The second-order valence-corrected chi connectivity index (χ2v) is 4.25. The third-order valence-corrected chi connectivity index (χ3v) is 2.91. The van der Waals surface area contributed by atoms with E-state index in [4.69, 9.17) is 9.84 Å². The predicted molar refractivity (Wildman–Crippen MR) is 63.3 cm³/mol. The molecular weight excluding hydrogens is 220 g/mol. The number of anilines is 1. The van der Waals surface area contributed by atoms with Crippen LogP contribution in [-0.4, -0.2) is 35.8 Å². The molecule has 5 nitrogen and oxygen atoms in total. The number of carboxylic acids is 1. The van der Waals surface area contributed by atoms with E-state index in [1.54, 1.807) is 19.1 Å². The Morgan fingerprint density at radius 1 is 1.65 bits per heavy atom. The van der Waals surface area contributed by atoms with Crippen molar-refractivity contribution in [3.8, 4) is 0 Å². The lowest BCUT2D eigenvalue weighted by molar-refractivity contribution is 0.0695. The minimum atomic E-state index is -0.939. The van der Waals surface area contributed by atoms with E-state index in [9.17, 15) is 4.79 Å². The summed E-state index contributed by atoms with van der Waals surface area (Å²) in [5, 5.41) is 12.1. The maximum Gasteiger partial charge on any atom is 0.337 e. The minimum absolute atomic E-state index is 0.250. The van der Waals surface area contributed by atoms with Gasteiger partial charge in [-0.2, -0.15) is 0 Å². The third kappa shape index (κ3) is 2.94. The lowest BCUT2D eigenvalue weighted by Gasteiger charge is -2.11. The van der Waals surface area contributed by atoms with Crippen LogP contribution >= 0.6 is 0 Å². The number of hydrogen-bond donors (Lipinski definition) is 2. The van der Waals surface area contributed by atoms with Crippen LogP contribution in [0.15, 0.2) is 12.1 Å². The van der Waals surface area contributed by atoms with E-state index in [1.165, 1.54) is 0 Å².